The molecule has 1 atom stereocenters. The Bertz CT molecular complexity index is 1210. The van der Waals surface area contributed by atoms with Gasteiger partial charge in [-0.1, -0.05) is 12.1 Å². The van der Waals surface area contributed by atoms with E-state index in [1.54, 1.807) is 0 Å². The van der Waals surface area contributed by atoms with Crippen LogP contribution in [0.1, 0.15) is 36.6 Å². The van der Waals surface area contributed by atoms with Gasteiger partial charge in [0.1, 0.15) is 30.9 Å². The molecular weight excluding hydrogens is 462 g/mol. The molecule has 3 aromatic rings. The maximum atomic E-state index is 11.2. The highest BCUT2D eigenvalue weighted by atomic mass is 16.5. The van der Waals surface area contributed by atoms with Gasteiger partial charge in [0, 0.05) is 36.5 Å². The fourth-order valence-corrected chi connectivity index (χ4v) is 4.31. The number of rotatable bonds is 10. The van der Waals surface area contributed by atoms with E-state index in [0.29, 0.717) is 23.9 Å². The molecule has 10 nitrogen and oxygen atoms in total. The number of benzene rings is 1. The number of carbonyl (C=O) groups excluding carboxylic acids is 1. The molecule has 4 rings (SSSR count). The number of pyridine rings is 1. The van der Waals surface area contributed by atoms with Crippen molar-refractivity contribution in [2.24, 2.45) is 0 Å². The maximum Gasteiger partial charge on any atom is 0.258 e. The van der Waals surface area contributed by atoms with Gasteiger partial charge in [0.25, 0.3) is 5.89 Å². The molecule has 0 saturated carbocycles. The zero-order valence-electron chi connectivity index (χ0n) is 21.0. The van der Waals surface area contributed by atoms with Crippen molar-refractivity contribution in [1.82, 2.24) is 20.4 Å². The first kappa shape index (κ1) is 25.6. The lowest BCUT2D eigenvalue weighted by Gasteiger charge is -2.17. The summed E-state index contributed by atoms with van der Waals surface area (Å²) in [7, 11) is 0. The van der Waals surface area contributed by atoms with Gasteiger partial charge in [-0.25, -0.2) is 4.98 Å². The lowest BCUT2D eigenvalue weighted by molar-refractivity contribution is -0.124. The number of ether oxygens (including phenoxy) is 1. The molecule has 3 heterocycles. The topological polar surface area (TPSA) is 134 Å². The van der Waals surface area contributed by atoms with Crippen LogP contribution in [0.3, 0.4) is 0 Å². The van der Waals surface area contributed by atoms with E-state index < -0.39 is 18.6 Å². The van der Waals surface area contributed by atoms with Gasteiger partial charge in [-0.15, -0.1) is 0 Å². The highest BCUT2D eigenvalue weighted by molar-refractivity contribution is 5.76. The third-order valence-electron chi connectivity index (χ3n) is 6.13. The zero-order chi connectivity index (χ0) is 25.7. The Balaban J connectivity index is 1.51. The second kappa shape index (κ2) is 11.5. The largest absolute Gasteiger partial charge is 0.490 e. The van der Waals surface area contributed by atoms with Crippen LogP contribution in [0.2, 0.25) is 0 Å². The van der Waals surface area contributed by atoms with Gasteiger partial charge in [-0.05, 0) is 68.5 Å². The zero-order valence-corrected chi connectivity index (χ0v) is 21.0. The highest BCUT2D eigenvalue weighted by Crippen LogP contribution is 2.32. The van der Waals surface area contributed by atoms with Crippen LogP contribution in [0.5, 0.6) is 5.75 Å². The number of aliphatic hydroxyl groups excluding tert-OH is 2. The number of aliphatic hydroxyl groups is 2. The number of aromatic nitrogens is 3. The monoisotopic (exact) mass is 495 g/mol. The average Bonchev–Trinajstić information content (AvgIpc) is 3.58. The van der Waals surface area contributed by atoms with Crippen molar-refractivity contribution in [3.63, 3.8) is 0 Å². The summed E-state index contributed by atoms with van der Waals surface area (Å²) in [5, 5.41) is 25.5. The van der Waals surface area contributed by atoms with Crippen LogP contribution in [-0.2, 0) is 11.2 Å². The standard InChI is InChI=1S/C26H33N5O5/c1-4-18-11-19(9-16(2)24(18)35-15-21(33)13-27-23(34)14-32)25-29-26(36-30-25)20-10-17(3)28-22(12-20)31-7-5-6-8-31/h9-12,21,32-33H,4-8,13-15H2,1-3H3,(H,27,34). The molecule has 3 N–H and O–H groups in total. The molecule has 1 amide bonds. The van der Waals surface area contributed by atoms with Crippen LogP contribution in [0.4, 0.5) is 5.82 Å². The molecule has 1 aliphatic heterocycles. The predicted octanol–water partition coefficient (Wildman–Crippen LogP) is 2.43. The van der Waals surface area contributed by atoms with Crippen molar-refractivity contribution in [2.45, 2.75) is 46.1 Å². The van der Waals surface area contributed by atoms with Gasteiger partial charge < -0.3 is 29.7 Å². The minimum Gasteiger partial charge on any atom is -0.490 e. The van der Waals surface area contributed by atoms with Gasteiger partial charge in [-0.3, -0.25) is 4.79 Å². The van der Waals surface area contributed by atoms with Crippen molar-refractivity contribution in [2.75, 3.05) is 37.7 Å². The Hall–Kier alpha value is -3.50. The molecular formula is C26H33N5O5. The van der Waals surface area contributed by atoms with Gasteiger partial charge in [0.2, 0.25) is 11.7 Å². The Morgan fingerprint density at radius 3 is 2.67 bits per heavy atom. The van der Waals surface area contributed by atoms with E-state index in [0.717, 1.165) is 46.9 Å². The van der Waals surface area contributed by atoms with Crippen LogP contribution in [0.15, 0.2) is 28.8 Å². The molecule has 0 bridgehead atoms. The number of nitrogens with one attached hydrogen (secondary N) is 1. The highest BCUT2D eigenvalue weighted by Gasteiger charge is 2.19. The summed E-state index contributed by atoms with van der Waals surface area (Å²) < 4.78 is 11.5. The summed E-state index contributed by atoms with van der Waals surface area (Å²) in [6.45, 7) is 7.31. The van der Waals surface area contributed by atoms with Crippen LogP contribution in [0, 0.1) is 13.8 Å². The molecule has 10 heteroatoms. The van der Waals surface area contributed by atoms with Crippen LogP contribution >= 0.6 is 0 Å². The van der Waals surface area contributed by atoms with Crippen LogP contribution < -0.4 is 15.0 Å². The number of anilines is 1. The second-order valence-electron chi connectivity index (χ2n) is 9.03. The number of amides is 1. The van der Waals surface area contributed by atoms with Gasteiger partial charge in [0.15, 0.2) is 0 Å². The van der Waals surface area contributed by atoms with Crippen molar-refractivity contribution in [3.05, 3.63) is 41.1 Å². The van der Waals surface area contributed by atoms with E-state index in [1.807, 2.05) is 45.0 Å². The van der Waals surface area contributed by atoms with Gasteiger partial charge in [-0.2, -0.15) is 4.98 Å². The third-order valence-corrected chi connectivity index (χ3v) is 6.13. The third kappa shape index (κ3) is 6.00. The molecule has 0 spiro atoms. The maximum absolute atomic E-state index is 11.2. The predicted molar refractivity (Wildman–Crippen MR) is 135 cm³/mol. The SMILES string of the molecule is CCc1cc(-c2noc(-c3cc(C)nc(N4CCCC4)c3)n2)cc(C)c1OCC(O)CNC(=O)CO. The summed E-state index contributed by atoms with van der Waals surface area (Å²) in [6, 6.07) is 7.84. The molecule has 0 aliphatic carbocycles. The summed E-state index contributed by atoms with van der Waals surface area (Å²) in [4.78, 5) is 22.8. The van der Waals surface area contributed by atoms with Crippen molar-refractivity contribution < 1.29 is 24.3 Å². The fraction of sp³-hybridized carbons (Fsp3) is 0.462. The summed E-state index contributed by atoms with van der Waals surface area (Å²) in [6.07, 6.45) is 2.15. The van der Waals surface area contributed by atoms with Gasteiger partial charge >= 0.3 is 0 Å². The Labute approximate surface area is 210 Å². The summed E-state index contributed by atoms with van der Waals surface area (Å²) in [5.74, 6) is 2.00. The summed E-state index contributed by atoms with van der Waals surface area (Å²) >= 11 is 0. The molecule has 2 aromatic heterocycles. The Kier molecular flexibility index (Phi) is 8.17. The van der Waals surface area contributed by atoms with E-state index in [1.165, 1.54) is 12.8 Å². The molecule has 1 fully saturated rings. The average molecular weight is 496 g/mol. The van der Waals surface area contributed by atoms with Crippen molar-refractivity contribution in [3.8, 4) is 28.6 Å². The minimum atomic E-state index is -0.904. The molecule has 1 saturated heterocycles. The lowest BCUT2D eigenvalue weighted by Crippen LogP contribution is -2.36. The number of aryl methyl sites for hydroxylation is 3. The number of nitrogens with zero attached hydrogens (tertiary/aromatic N) is 4. The second-order valence-corrected chi connectivity index (χ2v) is 9.03. The molecule has 36 heavy (non-hydrogen) atoms. The minimum absolute atomic E-state index is 0.00241. The molecule has 0 radical (unpaired) electrons. The quantitative estimate of drug-likeness (QED) is 0.388. The van der Waals surface area contributed by atoms with E-state index >= 15 is 0 Å². The van der Waals surface area contributed by atoms with E-state index in [2.05, 4.69) is 25.3 Å². The lowest BCUT2D eigenvalue weighted by atomic mass is 10.0. The van der Waals surface area contributed by atoms with Crippen molar-refractivity contribution >= 4 is 11.7 Å². The Morgan fingerprint density at radius 2 is 1.94 bits per heavy atom. The number of carbonyl (C=O) groups is 1. The molecule has 192 valence electrons. The summed E-state index contributed by atoms with van der Waals surface area (Å²) in [5.41, 5.74) is 4.38. The number of hydrogen-bond acceptors (Lipinski definition) is 9. The number of hydrogen-bond donors (Lipinski definition) is 3. The van der Waals surface area contributed by atoms with Crippen molar-refractivity contribution in [1.29, 1.82) is 0 Å². The first-order valence-electron chi connectivity index (χ1n) is 12.3. The normalized spacial score (nSPS) is 14.2. The fourth-order valence-electron chi connectivity index (χ4n) is 4.31. The van der Waals surface area contributed by atoms with Gasteiger partial charge in [0.05, 0.1) is 0 Å². The molecule has 1 aliphatic rings. The van der Waals surface area contributed by atoms with E-state index in [4.69, 9.17) is 14.4 Å². The van der Waals surface area contributed by atoms with Crippen LogP contribution in [0.25, 0.3) is 22.8 Å². The van der Waals surface area contributed by atoms with E-state index in [9.17, 15) is 9.90 Å². The first-order valence-corrected chi connectivity index (χ1v) is 12.3. The molecule has 1 unspecified atom stereocenters. The van der Waals surface area contributed by atoms with Crippen LogP contribution in [-0.4, -0.2) is 70.2 Å². The van der Waals surface area contributed by atoms with E-state index in [-0.39, 0.29) is 13.2 Å². The molecule has 1 aromatic carbocycles. The smallest absolute Gasteiger partial charge is 0.258 e. The first-order chi connectivity index (χ1) is 17.4. The Morgan fingerprint density at radius 1 is 1.17 bits per heavy atom.